The Bertz CT molecular complexity index is 2500. The van der Waals surface area contributed by atoms with E-state index in [1.165, 1.54) is 60.9 Å². The second-order valence-corrected chi connectivity index (χ2v) is 12.7. The Labute approximate surface area is 300 Å². The standard InChI is InChI=1S/C49H38N2/c1-3-4-7-14-36(2)37-21-28-43(29-22-37)50(44-30-23-39(24-31-44)38-15-8-5-9-16-38)45-32-25-40(26-33-45)41-27-34-49-47(35-41)46-19-12-13-20-48(46)51(49)42-17-10-6-11-18-42/h3-35H,1H2,2H3/b7-4-,36-14+. The number of allylic oxidation sites excluding steroid dienone is 5. The first-order valence-electron chi connectivity index (χ1n) is 17.4. The molecule has 8 aromatic rings. The molecule has 0 saturated carbocycles. The second kappa shape index (κ2) is 14.1. The fourth-order valence-corrected chi connectivity index (χ4v) is 6.94. The zero-order valence-electron chi connectivity index (χ0n) is 28.7. The summed E-state index contributed by atoms with van der Waals surface area (Å²) in [5.74, 6) is 0. The highest BCUT2D eigenvalue weighted by molar-refractivity contribution is 6.10. The number of benzene rings is 7. The Balaban J connectivity index is 1.17. The maximum Gasteiger partial charge on any atom is 0.0541 e. The predicted octanol–water partition coefficient (Wildman–Crippen LogP) is 13.7. The topological polar surface area (TPSA) is 8.17 Å². The van der Waals surface area contributed by atoms with Gasteiger partial charge in [0.1, 0.15) is 0 Å². The molecule has 0 atom stereocenters. The van der Waals surface area contributed by atoms with Gasteiger partial charge in [0.05, 0.1) is 11.0 Å². The quantitative estimate of drug-likeness (QED) is 0.141. The Morgan fingerprint density at radius 1 is 0.490 bits per heavy atom. The SMILES string of the molecule is C=C/C=C\C=C(/C)c1ccc(N(c2ccc(-c3ccccc3)cc2)c2ccc(-c3ccc4c(c3)c3ccccc3n4-c3ccccc3)cc2)cc1. The number of hydrogen-bond acceptors (Lipinski definition) is 1. The first-order chi connectivity index (χ1) is 25.2. The minimum absolute atomic E-state index is 1.10. The van der Waals surface area contributed by atoms with Gasteiger partial charge in [0.2, 0.25) is 0 Å². The van der Waals surface area contributed by atoms with Crippen molar-refractivity contribution < 1.29 is 0 Å². The molecule has 0 aliphatic carbocycles. The van der Waals surface area contributed by atoms with Crippen LogP contribution in [0.4, 0.5) is 17.1 Å². The first kappa shape index (κ1) is 31.6. The van der Waals surface area contributed by atoms with Gasteiger partial charge < -0.3 is 9.47 Å². The molecular weight excluding hydrogens is 617 g/mol. The van der Waals surface area contributed by atoms with E-state index in [1.54, 1.807) is 6.08 Å². The highest BCUT2D eigenvalue weighted by Gasteiger charge is 2.16. The third kappa shape index (κ3) is 6.32. The van der Waals surface area contributed by atoms with Crippen LogP contribution in [0, 0.1) is 0 Å². The highest BCUT2D eigenvalue weighted by atomic mass is 15.1. The molecule has 0 bridgehead atoms. The number of fused-ring (bicyclic) bond motifs is 3. The van der Waals surface area contributed by atoms with Crippen LogP contribution in [-0.4, -0.2) is 4.57 Å². The van der Waals surface area contributed by atoms with Crippen LogP contribution in [0.15, 0.2) is 207 Å². The minimum Gasteiger partial charge on any atom is -0.311 e. The Morgan fingerprint density at radius 2 is 1.00 bits per heavy atom. The smallest absolute Gasteiger partial charge is 0.0541 e. The molecule has 7 aromatic carbocycles. The summed E-state index contributed by atoms with van der Waals surface area (Å²) in [5.41, 5.74) is 14.1. The molecule has 8 rings (SSSR count). The molecule has 1 heterocycles. The highest BCUT2D eigenvalue weighted by Crippen LogP contribution is 2.39. The first-order valence-corrected chi connectivity index (χ1v) is 17.4. The molecule has 2 nitrogen and oxygen atoms in total. The summed E-state index contributed by atoms with van der Waals surface area (Å²) in [5, 5.41) is 2.51. The van der Waals surface area contributed by atoms with Crippen molar-refractivity contribution in [3.8, 4) is 27.9 Å². The Hall–Kier alpha value is -6.64. The van der Waals surface area contributed by atoms with E-state index in [9.17, 15) is 0 Å². The number of rotatable bonds is 9. The Morgan fingerprint density at radius 3 is 1.65 bits per heavy atom. The monoisotopic (exact) mass is 654 g/mol. The van der Waals surface area contributed by atoms with Crippen molar-refractivity contribution in [2.75, 3.05) is 4.90 Å². The molecule has 51 heavy (non-hydrogen) atoms. The van der Waals surface area contributed by atoms with E-state index in [4.69, 9.17) is 0 Å². The molecule has 2 heteroatoms. The molecule has 1 aromatic heterocycles. The van der Waals surface area contributed by atoms with Gasteiger partial charge >= 0.3 is 0 Å². The summed E-state index contributed by atoms with van der Waals surface area (Å²) >= 11 is 0. The molecule has 0 radical (unpaired) electrons. The molecule has 0 unspecified atom stereocenters. The molecular formula is C49H38N2. The average Bonchev–Trinajstić information content (AvgIpc) is 3.53. The van der Waals surface area contributed by atoms with Crippen LogP contribution in [0.25, 0.3) is 55.3 Å². The lowest BCUT2D eigenvalue weighted by atomic mass is 10.0. The molecule has 0 aliphatic rings. The number of para-hydroxylation sites is 2. The van der Waals surface area contributed by atoms with Gasteiger partial charge in [0.15, 0.2) is 0 Å². The zero-order valence-corrected chi connectivity index (χ0v) is 28.7. The maximum absolute atomic E-state index is 3.78. The van der Waals surface area contributed by atoms with Gasteiger partial charge in [-0.3, -0.25) is 0 Å². The normalized spacial score (nSPS) is 11.7. The summed E-state index contributed by atoms with van der Waals surface area (Å²) in [7, 11) is 0. The van der Waals surface area contributed by atoms with Gasteiger partial charge in [0.25, 0.3) is 0 Å². The predicted molar refractivity (Wildman–Crippen MR) is 219 cm³/mol. The van der Waals surface area contributed by atoms with Crippen LogP contribution in [-0.2, 0) is 0 Å². The molecule has 0 saturated heterocycles. The van der Waals surface area contributed by atoms with Crippen LogP contribution < -0.4 is 4.90 Å². The van der Waals surface area contributed by atoms with Gasteiger partial charge in [-0.05, 0) is 107 Å². The average molecular weight is 655 g/mol. The van der Waals surface area contributed by atoms with Crippen molar-refractivity contribution in [1.29, 1.82) is 0 Å². The van der Waals surface area contributed by atoms with Crippen molar-refractivity contribution in [2.45, 2.75) is 6.92 Å². The number of hydrogen-bond donors (Lipinski definition) is 0. The van der Waals surface area contributed by atoms with Crippen molar-refractivity contribution >= 4 is 44.4 Å². The van der Waals surface area contributed by atoms with E-state index in [-0.39, 0.29) is 0 Å². The van der Waals surface area contributed by atoms with Crippen molar-refractivity contribution in [3.63, 3.8) is 0 Å². The molecule has 0 aliphatic heterocycles. The minimum atomic E-state index is 1.10. The van der Waals surface area contributed by atoms with Crippen molar-refractivity contribution in [2.24, 2.45) is 0 Å². The summed E-state index contributed by atoms with van der Waals surface area (Å²) in [6.07, 6.45) is 7.88. The summed E-state index contributed by atoms with van der Waals surface area (Å²) in [6.45, 7) is 5.91. The molecule has 0 N–H and O–H groups in total. The lowest BCUT2D eigenvalue weighted by molar-refractivity contribution is 1.18. The van der Waals surface area contributed by atoms with E-state index in [2.05, 4.69) is 205 Å². The van der Waals surface area contributed by atoms with Crippen molar-refractivity contribution in [1.82, 2.24) is 4.57 Å². The third-order valence-corrected chi connectivity index (χ3v) is 9.55. The fourth-order valence-electron chi connectivity index (χ4n) is 6.94. The van der Waals surface area contributed by atoms with E-state index in [0.29, 0.717) is 0 Å². The van der Waals surface area contributed by atoms with Gasteiger partial charge in [-0.1, -0.05) is 140 Å². The van der Waals surface area contributed by atoms with Crippen molar-refractivity contribution in [3.05, 3.63) is 212 Å². The summed E-state index contributed by atoms with van der Waals surface area (Å²) < 4.78 is 2.36. The zero-order chi connectivity index (χ0) is 34.6. The number of nitrogens with zero attached hydrogens (tertiary/aromatic N) is 2. The Kier molecular flexibility index (Phi) is 8.72. The van der Waals surface area contributed by atoms with Crippen LogP contribution in [0.2, 0.25) is 0 Å². The van der Waals surface area contributed by atoms with Gasteiger partial charge in [0, 0.05) is 33.5 Å². The largest absolute Gasteiger partial charge is 0.311 e. The van der Waals surface area contributed by atoms with Crippen LogP contribution >= 0.6 is 0 Å². The van der Waals surface area contributed by atoms with E-state index < -0.39 is 0 Å². The molecule has 0 amide bonds. The molecule has 244 valence electrons. The third-order valence-electron chi connectivity index (χ3n) is 9.55. The summed E-state index contributed by atoms with van der Waals surface area (Å²) in [6, 6.07) is 63.3. The van der Waals surface area contributed by atoms with Crippen LogP contribution in [0.5, 0.6) is 0 Å². The maximum atomic E-state index is 3.78. The van der Waals surface area contributed by atoms with Gasteiger partial charge in [-0.2, -0.15) is 0 Å². The van der Waals surface area contributed by atoms with Gasteiger partial charge in [-0.25, -0.2) is 0 Å². The van der Waals surface area contributed by atoms with E-state index in [0.717, 1.165) is 17.1 Å². The number of anilines is 3. The lowest BCUT2D eigenvalue weighted by Gasteiger charge is -2.26. The molecule has 0 fully saturated rings. The lowest BCUT2D eigenvalue weighted by Crippen LogP contribution is -2.09. The van der Waals surface area contributed by atoms with Gasteiger partial charge in [-0.15, -0.1) is 0 Å². The van der Waals surface area contributed by atoms with Crippen LogP contribution in [0.3, 0.4) is 0 Å². The second-order valence-electron chi connectivity index (χ2n) is 12.7. The summed E-state index contributed by atoms with van der Waals surface area (Å²) in [4.78, 5) is 2.33. The van der Waals surface area contributed by atoms with Crippen LogP contribution in [0.1, 0.15) is 12.5 Å². The van der Waals surface area contributed by atoms with E-state index >= 15 is 0 Å². The van der Waals surface area contributed by atoms with E-state index in [1.807, 2.05) is 12.2 Å². The molecule has 0 spiro atoms. The fraction of sp³-hybridized carbons (Fsp3) is 0.0204. The number of aromatic nitrogens is 1.